The van der Waals surface area contributed by atoms with E-state index in [0.29, 0.717) is 17.9 Å². The van der Waals surface area contributed by atoms with Crippen LogP contribution in [0, 0.1) is 5.41 Å². The van der Waals surface area contributed by atoms with Crippen LogP contribution in [-0.4, -0.2) is 25.0 Å². The molecule has 1 heterocycles. The first kappa shape index (κ1) is 11.9. The van der Waals surface area contributed by atoms with Gasteiger partial charge in [-0.2, -0.15) is 0 Å². The van der Waals surface area contributed by atoms with Crippen molar-refractivity contribution in [1.29, 1.82) is 0 Å². The van der Waals surface area contributed by atoms with E-state index in [2.05, 4.69) is 17.6 Å². The topological polar surface area (TPSA) is 41.1 Å². The second-order valence-electron chi connectivity index (χ2n) is 5.48. The Morgan fingerprint density at radius 3 is 2.75 bits per heavy atom. The molecule has 0 spiro atoms. The minimum Gasteiger partial charge on any atom is -0.355 e. The number of hydrogen-bond acceptors (Lipinski definition) is 2. The molecule has 92 valence electrons. The third-order valence-corrected chi connectivity index (χ3v) is 4.42. The van der Waals surface area contributed by atoms with Crippen LogP contribution < -0.4 is 10.6 Å². The Balaban J connectivity index is 1.66. The zero-order valence-corrected chi connectivity index (χ0v) is 10.3. The first-order chi connectivity index (χ1) is 7.74. The van der Waals surface area contributed by atoms with E-state index in [-0.39, 0.29) is 5.91 Å². The highest BCUT2D eigenvalue weighted by molar-refractivity contribution is 5.76. The fourth-order valence-electron chi connectivity index (χ4n) is 2.85. The highest BCUT2D eigenvalue weighted by Crippen LogP contribution is 2.43. The van der Waals surface area contributed by atoms with Gasteiger partial charge in [-0.05, 0) is 44.1 Å². The van der Waals surface area contributed by atoms with Crippen LogP contribution in [0.15, 0.2) is 0 Å². The molecule has 2 rings (SSSR count). The molecule has 0 bridgehead atoms. The van der Waals surface area contributed by atoms with Gasteiger partial charge < -0.3 is 10.6 Å². The maximum absolute atomic E-state index is 11.8. The maximum atomic E-state index is 11.8. The Hall–Kier alpha value is -0.570. The molecule has 3 nitrogen and oxygen atoms in total. The van der Waals surface area contributed by atoms with Crippen LogP contribution in [0.1, 0.15) is 51.9 Å². The predicted octanol–water partition coefficient (Wildman–Crippen LogP) is 1.82. The minimum absolute atomic E-state index is 0.235. The molecule has 1 amide bonds. The number of carbonyl (C=O) groups excluding carboxylic acids is 1. The molecule has 1 saturated heterocycles. The van der Waals surface area contributed by atoms with Gasteiger partial charge in [0.15, 0.2) is 0 Å². The highest BCUT2D eigenvalue weighted by Gasteiger charge is 2.35. The number of rotatable bonds is 5. The summed E-state index contributed by atoms with van der Waals surface area (Å²) < 4.78 is 0. The number of amides is 1. The van der Waals surface area contributed by atoms with Crippen molar-refractivity contribution in [2.45, 2.75) is 57.9 Å². The lowest BCUT2D eigenvalue weighted by atomic mass is 9.67. The summed E-state index contributed by atoms with van der Waals surface area (Å²) in [6, 6.07) is 0.430. The minimum atomic E-state index is 0.235. The first-order valence-corrected chi connectivity index (χ1v) is 6.74. The lowest BCUT2D eigenvalue weighted by Gasteiger charge is -2.41. The number of hydrogen-bond donors (Lipinski definition) is 2. The first-order valence-electron chi connectivity index (χ1n) is 6.74. The molecule has 0 aromatic heterocycles. The molecular formula is C13H24N2O. The quantitative estimate of drug-likeness (QED) is 0.748. The van der Waals surface area contributed by atoms with E-state index in [9.17, 15) is 4.79 Å². The van der Waals surface area contributed by atoms with Crippen molar-refractivity contribution < 1.29 is 4.79 Å². The third kappa shape index (κ3) is 2.76. The molecule has 0 aromatic carbocycles. The van der Waals surface area contributed by atoms with Gasteiger partial charge in [-0.1, -0.05) is 13.3 Å². The van der Waals surface area contributed by atoms with E-state index in [4.69, 9.17) is 0 Å². The van der Waals surface area contributed by atoms with E-state index in [1.807, 2.05) is 0 Å². The maximum Gasteiger partial charge on any atom is 0.221 e. The monoisotopic (exact) mass is 224 g/mol. The molecule has 2 aliphatic rings. The molecule has 1 saturated carbocycles. The smallest absolute Gasteiger partial charge is 0.221 e. The van der Waals surface area contributed by atoms with Crippen molar-refractivity contribution in [2.24, 2.45) is 5.41 Å². The van der Waals surface area contributed by atoms with Gasteiger partial charge in [0.1, 0.15) is 0 Å². The molecule has 1 atom stereocenters. The van der Waals surface area contributed by atoms with E-state index in [0.717, 1.165) is 19.5 Å². The number of nitrogens with one attached hydrogen (secondary N) is 2. The summed E-state index contributed by atoms with van der Waals surface area (Å²) in [4.78, 5) is 11.8. The molecule has 3 heteroatoms. The van der Waals surface area contributed by atoms with Gasteiger partial charge >= 0.3 is 0 Å². The molecule has 2 N–H and O–H groups in total. The number of carbonyl (C=O) groups is 1. The Labute approximate surface area is 98.4 Å². The van der Waals surface area contributed by atoms with Gasteiger partial charge in [-0.25, -0.2) is 0 Å². The van der Waals surface area contributed by atoms with Crippen molar-refractivity contribution >= 4 is 5.91 Å². The van der Waals surface area contributed by atoms with Gasteiger partial charge in [0.25, 0.3) is 0 Å². The van der Waals surface area contributed by atoms with Crippen LogP contribution in [0.4, 0.5) is 0 Å². The van der Waals surface area contributed by atoms with E-state index in [1.165, 1.54) is 32.1 Å². The average Bonchev–Trinajstić information content (AvgIpc) is 2.69. The Bertz CT molecular complexity index is 237. The summed E-state index contributed by atoms with van der Waals surface area (Å²) in [5.41, 5.74) is 0.443. The lowest BCUT2D eigenvalue weighted by Crippen LogP contribution is -2.43. The summed E-state index contributed by atoms with van der Waals surface area (Å²) in [6.45, 7) is 4.22. The Morgan fingerprint density at radius 1 is 1.44 bits per heavy atom. The summed E-state index contributed by atoms with van der Waals surface area (Å²) in [7, 11) is 0. The molecule has 16 heavy (non-hydrogen) atoms. The van der Waals surface area contributed by atoms with Crippen LogP contribution in [-0.2, 0) is 4.79 Å². The summed E-state index contributed by atoms with van der Waals surface area (Å²) >= 11 is 0. The molecule has 0 aromatic rings. The summed E-state index contributed by atoms with van der Waals surface area (Å²) in [6.07, 6.45) is 8.18. The molecule has 1 aliphatic carbocycles. The molecule has 1 aliphatic heterocycles. The largest absolute Gasteiger partial charge is 0.355 e. The molecule has 0 radical (unpaired) electrons. The summed E-state index contributed by atoms with van der Waals surface area (Å²) in [5.74, 6) is 0.235. The van der Waals surface area contributed by atoms with Crippen molar-refractivity contribution in [3.05, 3.63) is 0 Å². The fourth-order valence-corrected chi connectivity index (χ4v) is 2.85. The van der Waals surface area contributed by atoms with Crippen molar-refractivity contribution in [3.8, 4) is 0 Å². The van der Waals surface area contributed by atoms with Gasteiger partial charge in [0.2, 0.25) is 5.91 Å². The van der Waals surface area contributed by atoms with Crippen LogP contribution in [0.5, 0.6) is 0 Å². The zero-order valence-electron chi connectivity index (χ0n) is 10.3. The van der Waals surface area contributed by atoms with E-state index in [1.54, 1.807) is 0 Å². The van der Waals surface area contributed by atoms with Crippen molar-refractivity contribution in [3.63, 3.8) is 0 Å². The van der Waals surface area contributed by atoms with Gasteiger partial charge in [-0.15, -0.1) is 0 Å². The van der Waals surface area contributed by atoms with Crippen LogP contribution in [0.25, 0.3) is 0 Å². The van der Waals surface area contributed by atoms with E-state index >= 15 is 0 Å². The molecule has 2 fully saturated rings. The SMILES string of the molecule is CCC1(CNC(=O)CC2CCCN2)CCC1. The molecule has 1 unspecified atom stereocenters. The van der Waals surface area contributed by atoms with Crippen molar-refractivity contribution in [2.75, 3.05) is 13.1 Å². The van der Waals surface area contributed by atoms with Crippen molar-refractivity contribution in [1.82, 2.24) is 10.6 Å². The van der Waals surface area contributed by atoms with Gasteiger partial charge in [0, 0.05) is 19.0 Å². The fraction of sp³-hybridized carbons (Fsp3) is 0.923. The van der Waals surface area contributed by atoms with Gasteiger partial charge in [-0.3, -0.25) is 4.79 Å². The van der Waals surface area contributed by atoms with Gasteiger partial charge in [0.05, 0.1) is 0 Å². The second kappa shape index (κ2) is 5.17. The van der Waals surface area contributed by atoms with E-state index < -0.39 is 0 Å². The zero-order chi connectivity index (χ0) is 11.4. The van der Waals surface area contributed by atoms with Crippen LogP contribution in [0.3, 0.4) is 0 Å². The van der Waals surface area contributed by atoms with Crippen LogP contribution >= 0.6 is 0 Å². The highest BCUT2D eigenvalue weighted by atomic mass is 16.1. The Kier molecular flexibility index (Phi) is 3.85. The molecular weight excluding hydrogens is 200 g/mol. The lowest BCUT2D eigenvalue weighted by molar-refractivity contribution is -0.122. The average molecular weight is 224 g/mol. The van der Waals surface area contributed by atoms with Crippen LogP contribution in [0.2, 0.25) is 0 Å². The Morgan fingerprint density at radius 2 is 2.25 bits per heavy atom. The summed E-state index contributed by atoms with van der Waals surface area (Å²) in [5, 5.41) is 6.49. The normalized spacial score (nSPS) is 27.4. The standard InChI is InChI=1S/C13H24N2O/c1-2-13(6-4-7-13)10-15-12(16)9-11-5-3-8-14-11/h11,14H,2-10H2,1H3,(H,15,16). The second-order valence-corrected chi connectivity index (χ2v) is 5.48. The predicted molar refractivity (Wildman–Crippen MR) is 65.2 cm³/mol. The third-order valence-electron chi connectivity index (χ3n) is 4.42.